The molecule has 0 spiro atoms. The molecule has 30 heavy (non-hydrogen) atoms. The molecule has 1 heterocycles. The number of anilines is 3. The summed E-state index contributed by atoms with van der Waals surface area (Å²) >= 11 is 6.46. The van der Waals surface area contributed by atoms with E-state index in [0.717, 1.165) is 36.4 Å². The van der Waals surface area contributed by atoms with Crippen molar-refractivity contribution < 1.29 is 9.59 Å². The highest BCUT2D eigenvalue weighted by Crippen LogP contribution is 2.30. The smallest absolute Gasteiger partial charge is 0.322 e. The predicted molar refractivity (Wildman–Crippen MR) is 124 cm³/mol. The molecule has 0 bridgehead atoms. The van der Waals surface area contributed by atoms with Crippen LogP contribution in [0.15, 0.2) is 42.5 Å². The molecule has 1 aliphatic heterocycles. The standard InChI is InChI=1S/C23H29ClN4O2/c1-3-17-9-5-6-10-20(17)26-22(29)16-27(2)23(30)25-18-11-12-21(19(24)15-18)28-13-7-4-8-14-28/h5-6,9-12,15H,3-4,7-8,13-14,16H2,1-2H3,(H,25,30)(H,26,29). The largest absolute Gasteiger partial charge is 0.370 e. The minimum atomic E-state index is -0.365. The molecular formula is C23H29ClN4O2. The zero-order valence-electron chi connectivity index (χ0n) is 17.6. The molecule has 160 valence electrons. The maximum atomic E-state index is 12.5. The van der Waals surface area contributed by atoms with Gasteiger partial charge in [0.1, 0.15) is 6.54 Å². The normalized spacial score (nSPS) is 13.6. The lowest BCUT2D eigenvalue weighted by Gasteiger charge is -2.29. The predicted octanol–water partition coefficient (Wildman–Crippen LogP) is 5.00. The first-order valence-electron chi connectivity index (χ1n) is 10.4. The van der Waals surface area contributed by atoms with E-state index in [4.69, 9.17) is 11.6 Å². The number of hydrogen-bond donors (Lipinski definition) is 2. The molecule has 0 aliphatic carbocycles. The van der Waals surface area contributed by atoms with Crippen molar-refractivity contribution in [3.05, 3.63) is 53.1 Å². The van der Waals surface area contributed by atoms with Crippen molar-refractivity contribution in [3.8, 4) is 0 Å². The lowest BCUT2D eigenvalue weighted by Crippen LogP contribution is -2.37. The van der Waals surface area contributed by atoms with Gasteiger partial charge in [0.2, 0.25) is 5.91 Å². The van der Waals surface area contributed by atoms with Crippen LogP contribution >= 0.6 is 11.6 Å². The number of para-hydroxylation sites is 1. The second-order valence-electron chi connectivity index (χ2n) is 7.56. The Balaban J connectivity index is 1.56. The second-order valence-corrected chi connectivity index (χ2v) is 7.97. The summed E-state index contributed by atoms with van der Waals surface area (Å²) in [5, 5.41) is 6.30. The maximum Gasteiger partial charge on any atom is 0.322 e. The molecule has 2 aromatic rings. The van der Waals surface area contributed by atoms with E-state index in [-0.39, 0.29) is 18.5 Å². The summed E-state index contributed by atoms with van der Waals surface area (Å²) in [4.78, 5) is 28.5. The summed E-state index contributed by atoms with van der Waals surface area (Å²) in [5.41, 5.74) is 3.44. The summed E-state index contributed by atoms with van der Waals surface area (Å²) < 4.78 is 0. The first-order valence-corrected chi connectivity index (χ1v) is 10.8. The first-order chi connectivity index (χ1) is 14.5. The molecule has 3 rings (SSSR count). The molecular weight excluding hydrogens is 400 g/mol. The minimum absolute atomic E-state index is 0.0521. The highest BCUT2D eigenvalue weighted by Gasteiger charge is 2.17. The third kappa shape index (κ3) is 5.66. The Bertz CT molecular complexity index is 897. The lowest BCUT2D eigenvalue weighted by atomic mass is 10.1. The first kappa shape index (κ1) is 22.0. The van der Waals surface area contributed by atoms with E-state index in [2.05, 4.69) is 15.5 Å². The Kier molecular flexibility index (Phi) is 7.57. The molecule has 0 saturated carbocycles. The Labute approximate surface area is 183 Å². The van der Waals surface area contributed by atoms with Crippen molar-refractivity contribution in [1.82, 2.24) is 4.90 Å². The van der Waals surface area contributed by atoms with Crippen LogP contribution in [0.3, 0.4) is 0 Å². The van der Waals surface area contributed by atoms with Gasteiger partial charge in [-0.25, -0.2) is 4.79 Å². The van der Waals surface area contributed by atoms with Gasteiger partial charge in [-0.2, -0.15) is 0 Å². The van der Waals surface area contributed by atoms with Gasteiger partial charge in [0.25, 0.3) is 0 Å². The number of aryl methyl sites for hydroxylation is 1. The molecule has 7 heteroatoms. The summed E-state index contributed by atoms with van der Waals surface area (Å²) in [7, 11) is 1.59. The Morgan fingerprint density at radius 1 is 1.07 bits per heavy atom. The van der Waals surface area contributed by atoms with Crippen LogP contribution in [0, 0.1) is 0 Å². The highest BCUT2D eigenvalue weighted by molar-refractivity contribution is 6.33. The third-order valence-corrected chi connectivity index (χ3v) is 5.60. The van der Waals surface area contributed by atoms with Gasteiger partial charge in [0.05, 0.1) is 10.7 Å². The van der Waals surface area contributed by atoms with Gasteiger partial charge in [0, 0.05) is 31.5 Å². The molecule has 0 atom stereocenters. The maximum absolute atomic E-state index is 12.5. The number of rotatable bonds is 6. The van der Waals surface area contributed by atoms with Gasteiger partial charge in [-0.05, 0) is 55.5 Å². The minimum Gasteiger partial charge on any atom is -0.370 e. The number of piperidine rings is 1. The van der Waals surface area contributed by atoms with Gasteiger partial charge in [0.15, 0.2) is 0 Å². The average molecular weight is 429 g/mol. The molecule has 0 radical (unpaired) electrons. The van der Waals surface area contributed by atoms with Crippen LogP contribution in [-0.4, -0.2) is 43.5 Å². The summed E-state index contributed by atoms with van der Waals surface area (Å²) in [6, 6.07) is 12.8. The molecule has 1 aliphatic rings. The molecule has 3 amide bonds. The van der Waals surface area contributed by atoms with Crippen molar-refractivity contribution in [2.45, 2.75) is 32.6 Å². The zero-order valence-corrected chi connectivity index (χ0v) is 18.3. The van der Waals surface area contributed by atoms with Crippen LogP contribution in [0.5, 0.6) is 0 Å². The fourth-order valence-electron chi connectivity index (χ4n) is 3.62. The van der Waals surface area contributed by atoms with E-state index in [1.807, 2.05) is 43.3 Å². The van der Waals surface area contributed by atoms with Crippen molar-refractivity contribution in [3.63, 3.8) is 0 Å². The number of hydrogen-bond acceptors (Lipinski definition) is 3. The van der Waals surface area contributed by atoms with Gasteiger partial charge >= 0.3 is 6.03 Å². The number of halogens is 1. The molecule has 6 nitrogen and oxygen atoms in total. The topological polar surface area (TPSA) is 64.7 Å². The number of carbonyl (C=O) groups excluding carboxylic acids is 2. The number of carbonyl (C=O) groups is 2. The number of likely N-dealkylation sites (N-methyl/N-ethyl adjacent to an activating group) is 1. The number of amides is 3. The average Bonchev–Trinajstić information content (AvgIpc) is 2.74. The van der Waals surface area contributed by atoms with E-state index in [9.17, 15) is 9.59 Å². The second kappa shape index (κ2) is 10.3. The Hall–Kier alpha value is -2.73. The Morgan fingerprint density at radius 2 is 1.80 bits per heavy atom. The van der Waals surface area contributed by atoms with Crippen molar-refractivity contribution in [2.75, 3.05) is 42.2 Å². The summed E-state index contributed by atoms with van der Waals surface area (Å²) in [5.74, 6) is -0.243. The molecule has 1 fully saturated rings. The van der Waals surface area contributed by atoms with E-state index in [1.54, 1.807) is 13.1 Å². The Morgan fingerprint density at radius 3 is 2.50 bits per heavy atom. The number of nitrogens with zero attached hydrogens (tertiary/aromatic N) is 2. The fraction of sp³-hybridized carbons (Fsp3) is 0.391. The lowest BCUT2D eigenvalue weighted by molar-refractivity contribution is -0.116. The molecule has 2 N–H and O–H groups in total. The fourth-order valence-corrected chi connectivity index (χ4v) is 3.92. The van der Waals surface area contributed by atoms with E-state index in [1.165, 1.54) is 24.2 Å². The van der Waals surface area contributed by atoms with E-state index >= 15 is 0 Å². The van der Waals surface area contributed by atoms with Crippen molar-refractivity contribution in [1.29, 1.82) is 0 Å². The van der Waals surface area contributed by atoms with Gasteiger partial charge < -0.3 is 20.4 Å². The molecule has 0 aromatic heterocycles. The van der Waals surface area contributed by atoms with Crippen molar-refractivity contribution >= 4 is 40.6 Å². The van der Waals surface area contributed by atoms with Crippen molar-refractivity contribution in [2.24, 2.45) is 0 Å². The van der Waals surface area contributed by atoms with Crippen LogP contribution in [0.25, 0.3) is 0 Å². The molecule has 0 unspecified atom stereocenters. The number of urea groups is 1. The summed E-state index contributed by atoms with van der Waals surface area (Å²) in [6.45, 7) is 3.99. The van der Waals surface area contributed by atoms with Gasteiger partial charge in [-0.3, -0.25) is 4.79 Å². The molecule has 2 aromatic carbocycles. The zero-order chi connectivity index (χ0) is 21.5. The van der Waals surface area contributed by atoms with E-state index in [0.29, 0.717) is 10.7 Å². The van der Waals surface area contributed by atoms with E-state index < -0.39 is 0 Å². The van der Waals surface area contributed by atoms with Gasteiger partial charge in [-0.1, -0.05) is 36.7 Å². The SMILES string of the molecule is CCc1ccccc1NC(=O)CN(C)C(=O)Nc1ccc(N2CCCCC2)c(Cl)c1. The van der Waals surface area contributed by atoms with Crippen LogP contribution in [0.1, 0.15) is 31.7 Å². The monoisotopic (exact) mass is 428 g/mol. The number of nitrogens with one attached hydrogen (secondary N) is 2. The van der Waals surface area contributed by atoms with Gasteiger partial charge in [-0.15, -0.1) is 0 Å². The quantitative estimate of drug-likeness (QED) is 0.680. The van der Waals surface area contributed by atoms with Crippen LogP contribution < -0.4 is 15.5 Å². The molecule has 1 saturated heterocycles. The number of benzene rings is 2. The van der Waals surface area contributed by atoms with Crippen LogP contribution in [-0.2, 0) is 11.2 Å². The van der Waals surface area contributed by atoms with Crippen LogP contribution in [0.4, 0.5) is 21.9 Å². The third-order valence-electron chi connectivity index (χ3n) is 5.30. The highest BCUT2D eigenvalue weighted by atomic mass is 35.5. The van der Waals surface area contributed by atoms with Crippen LogP contribution in [0.2, 0.25) is 5.02 Å². The summed E-state index contributed by atoms with van der Waals surface area (Å²) in [6.07, 6.45) is 4.42.